The van der Waals surface area contributed by atoms with Crippen LogP contribution in [0.25, 0.3) is 11.3 Å². The number of rotatable bonds is 6. The molecule has 1 amide bonds. The molecule has 0 saturated carbocycles. The number of primary amides is 1. The molecule has 0 spiro atoms. The second-order valence-corrected chi connectivity index (χ2v) is 7.61. The third-order valence-electron chi connectivity index (χ3n) is 5.43. The summed E-state index contributed by atoms with van der Waals surface area (Å²) in [7, 11) is 0. The number of piperidine rings is 1. The molecule has 0 unspecified atom stereocenters. The summed E-state index contributed by atoms with van der Waals surface area (Å²) in [5.41, 5.74) is 9.59. The Balaban J connectivity index is 1.59. The molecular weight excluding hydrogens is 392 g/mol. The van der Waals surface area contributed by atoms with Crippen LogP contribution in [0.3, 0.4) is 0 Å². The van der Waals surface area contributed by atoms with E-state index >= 15 is 0 Å². The van der Waals surface area contributed by atoms with Gasteiger partial charge in [-0.2, -0.15) is 10.4 Å². The van der Waals surface area contributed by atoms with Crippen molar-refractivity contribution < 1.29 is 4.79 Å². The summed E-state index contributed by atoms with van der Waals surface area (Å²) in [5.74, 6) is -0.101. The van der Waals surface area contributed by atoms with E-state index in [4.69, 9.17) is 11.0 Å². The first kappa shape index (κ1) is 20.5. The molecule has 1 saturated heterocycles. The van der Waals surface area contributed by atoms with Crippen LogP contribution in [0.15, 0.2) is 36.8 Å². The van der Waals surface area contributed by atoms with E-state index in [1.54, 1.807) is 30.6 Å². The predicted octanol–water partition coefficient (Wildman–Crippen LogP) is 2.48. The van der Waals surface area contributed by atoms with Crippen LogP contribution >= 0.6 is 0 Å². The van der Waals surface area contributed by atoms with Gasteiger partial charge in [0.05, 0.1) is 36.1 Å². The van der Waals surface area contributed by atoms with Crippen LogP contribution in [0.1, 0.15) is 40.4 Å². The summed E-state index contributed by atoms with van der Waals surface area (Å²) < 4.78 is 2.00. The SMILES string of the molecule is Cc1cnc(Nc2cnn(C3CCNCC3)c2)nc1-c1ccc(C(N)=O)c(CC#N)c1. The van der Waals surface area contributed by atoms with Gasteiger partial charge in [0.1, 0.15) is 0 Å². The molecule has 2 aromatic heterocycles. The summed E-state index contributed by atoms with van der Waals surface area (Å²) in [6.07, 6.45) is 7.70. The van der Waals surface area contributed by atoms with Gasteiger partial charge in [0.15, 0.2) is 0 Å². The molecular formula is C22H24N8O. The van der Waals surface area contributed by atoms with Crippen LogP contribution in [0.5, 0.6) is 0 Å². The van der Waals surface area contributed by atoms with Crippen molar-refractivity contribution >= 4 is 17.5 Å². The Labute approximate surface area is 180 Å². The molecule has 3 heterocycles. The van der Waals surface area contributed by atoms with Crippen molar-refractivity contribution in [3.8, 4) is 17.3 Å². The summed E-state index contributed by atoms with van der Waals surface area (Å²) >= 11 is 0. The maximum absolute atomic E-state index is 11.7. The van der Waals surface area contributed by atoms with Gasteiger partial charge in [-0.1, -0.05) is 6.07 Å². The Morgan fingerprint density at radius 2 is 2.16 bits per heavy atom. The number of aryl methyl sites for hydroxylation is 1. The number of hydrogen-bond acceptors (Lipinski definition) is 7. The first-order valence-electron chi connectivity index (χ1n) is 10.2. The quantitative estimate of drug-likeness (QED) is 0.562. The third-order valence-corrected chi connectivity index (χ3v) is 5.43. The Bertz CT molecular complexity index is 1140. The van der Waals surface area contributed by atoms with Crippen LogP contribution in [0.4, 0.5) is 11.6 Å². The lowest BCUT2D eigenvalue weighted by atomic mass is 9.98. The summed E-state index contributed by atoms with van der Waals surface area (Å²) in [5, 5.41) is 20.2. The highest BCUT2D eigenvalue weighted by Gasteiger charge is 2.16. The van der Waals surface area contributed by atoms with Gasteiger partial charge in [0.25, 0.3) is 0 Å². The maximum Gasteiger partial charge on any atom is 0.249 e. The summed E-state index contributed by atoms with van der Waals surface area (Å²) in [6.45, 7) is 3.92. The van der Waals surface area contributed by atoms with E-state index in [1.807, 2.05) is 17.8 Å². The molecule has 31 heavy (non-hydrogen) atoms. The normalized spacial score (nSPS) is 14.2. The molecule has 4 N–H and O–H groups in total. The molecule has 9 heteroatoms. The van der Waals surface area contributed by atoms with Crippen LogP contribution in [0.2, 0.25) is 0 Å². The first-order chi connectivity index (χ1) is 15.0. The first-order valence-corrected chi connectivity index (χ1v) is 10.2. The fourth-order valence-corrected chi connectivity index (χ4v) is 3.81. The number of anilines is 2. The Morgan fingerprint density at radius 1 is 1.35 bits per heavy atom. The van der Waals surface area contributed by atoms with E-state index in [0.29, 0.717) is 23.1 Å². The Hall–Kier alpha value is -3.77. The standard InChI is InChI=1S/C22H24N8O/c1-14-11-26-22(28-17-12-27-30(13-17)18-5-8-25-9-6-18)29-20(14)16-2-3-19(21(24)31)15(10-16)4-7-23/h2-3,10-13,18,25H,4-6,8-9H2,1H3,(H2,24,31)(H,26,28,29). The predicted molar refractivity (Wildman–Crippen MR) is 117 cm³/mol. The molecule has 1 aliphatic heterocycles. The van der Waals surface area contributed by atoms with Crippen LogP contribution < -0.4 is 16.4 Å². The van der Waals surface area contributed by atoms with Crippen molar-refractivity contribution in [2.45, 2.75) is 32.2 Å². The maximum atomic E-state index is 11.7. The van der Waals surface area contributed by atoms with Gasteiger partial charge < -0.3 is 16.4 Å². The molecule has 1 aromatic carbocycles. The van der Waals surface area contributed by atoms with Gasteiger partial charge in [0.2, 0.25) is 11.9 Å². The number of carbonyl (C=O) groups excluding carboxylic acids is 1. The third kappa shape index (κ3) is 4.54. The number of aromatic nitrogens is 4. The fourth-order valence-electron chi connectivity index (χ4n) is 3.81. The highest BCUT2D eigenvalue weighted by atomic mass is 16.1. The van der Waals surface area contributed by atoms with Gasteiger partial charge in [0, 0.05) is 23.5 Å². The number of amides is 1. The van der Waals surface area contributed by atoms with E-state index in [0.717, 1.165) is 48.4 Å². The minimum Gasteiger partial charge on any atom is -0.366 e. The van der Waals surface area contributed by atoms with Crippen molar-refractivity contribution in [2.24, 2.45) is 5.73 Å². The van der Waals surface area contributed by atoms with Gasteiger partial charge in [-0.3, -0.25) is 9.48 Å². The second kappa shape index (κ2) is 8.93. The smallest absolute Gasteiger partial charge is 0.249 e. The molecule has 158 valence electrons. The Kier molecular flexibility index (Phi) is 5.91. The molecule has 9 nitrogen and oxygen atoms in total. The summed E-state index contributed by atoms with van der Waals surface area (Å²) in [4.78, 5) is 20.7. The number of carbonyl (C=O) groups is 1. The number of benzene rings is 1. The number of hydrogen-bond donors (Lipinski definition) is 3. The zero-order valence-corrected chi connectivity index (χ0v) is 17.3. The van der Waals surface area contributed by atoms with E-state index in [2.05, 4.69) is 31.8 Å². The largest absolute Gasteiger partial charge is 0.366 e. The summed E-state index contributed by atoms with van der Waals surface area (Å²) in [6, 6.07) is 7.69. The van der Waals surface area contributed by atoms with Crippen molar-refractivity contribution in [3.63, 3.8) is 0 Å². The number of nitrogens with two attached hydrogens (primary N) is 1. The van der Waals surface area contributed by atoms with Gasteiger partial charge >= 0.3 is 0 Å². The van der Waals surface area contributed by atoms with Gasteiger partial charge in [-0.15, -0.1) is 0 Å². The number of nitrogens with one attached hydrogen (secondary N) is 2. The van der Waals surface area contributed by atoms with Crippen molar-refractivity contribution in [2.75, 3.05) is 18.4 Å². The van der Waals surface area contributed by atoms with Gasteiger partial charge in [-0.25, -0.2) is 9.97 Å². The van der Waals surface area contributed by atoms with Crippen molar-refractivity contribution in [1.29, 1.82) is 5.26 Å². The number of nitriles is 1. The molecule has 0 radical (unpaired) electrons. The Morgan fingerprint density at radius 3 is 2.90 bits per heavy atom. The lowest BCUT2D eigenvalue weighted by Gasteiger charge is -2.22. The minimum atomic E-state index is -0.552. The number of nitrogens with zero attached hydrogens (tertiary/aromatic N) is 5. The highest BCUT2D eigenvalue weighted by Crippen LogP contribution is 2.26. The zero-order chi connectivity index (χ0) is 21.8. The average molecular weight is 416 g/mol. The van der Waals surface area contributed by atoms with Crippen LogP contribution in [-0.4, -0.2) is 38.7 Å². The molecule has 1 fully saturated rings. The second-order valence-electron chi connectivity index (χ2n) is 7.61. The molecule has 1 aliphatic rings. The zero-order valence-electron chi connectivity index (χ0n) is 17.3. The van der Waals surface area contributed by atoms with Crippen molar-refractivity contribution in [3.05, 3.63) is 53.5 Å². The van der Waals surface area contributed by atoms with E-state index in [-0.39, 0.29) is 6.42 Å². The monoisotopic (exact) mass is 416 g/mol. The van der Waals surface area contributed by atoms with Crippen LogP contribution in [0, 0.1) is 18.3 Å². The molecule has 0 atom stereocenters. The van der Waals surface area contributed by atoms with Crippen molar-refractivity contribution in [1.82, 2.24) is 25.1 Å². The van der Waals surface area contributed by atoms with E-state index in [9.17, 15) is 4.79 Å². The van der Waals surface area contributed by atoms with Gasteiger partial charge in [-0.05, 0) is 56.1 Å². The van der Waals surface area contributed by atoms with E-state index in [1.165, 1.54) is 0 Å². The molecule has 0 aliphatic carbocycles. The topological polar surface area (TPSA) is 135 Å². The lowest BCUT2D eigenvalue weighted by molar-refractivity contribution is 0.0999. The molecule has 3 aromatic rings. The molecule has 0 bridgehead atoms. The van der Waals surface area contributed by atoms with Crippen LogP contribution in [-0.2, 0) is 6.42 Å². The van der Waals surface area contributed by atoms with E-state index < -0.39 is 5.91 Å². The average Bonchev–Trinajstić information content (AvgIpc) is 3.24. The molecule has 4 rings (SSSR count). The fraction of sp³-hybridized carbons (Fsp3) is 0.318. The highest BCUT2D eigenvalue weighted by molar-refractivity contribution is 5.95. The lowest BCUT2D eigenvalue weighted by Crippen LogP contribution is -2.29. The minimum absolute atomic E-state index is 0.0945.